The molecule has 0 aliphatic rings. The lowest BCUT2D eigenvalue weighted by Crippen LogP contribution is -2.20. The van der Waals surface area contributed by atoms with Gasteiger partial charge >= 0.3 is 0 Å². The van der Waals surface area contributed by atoms with E-state index in [2.05, 4.69) is 21.2 Å². The van der Waals surface area contributed by atoms with Gasteiger partial charge in [0.05, 0.1) is 15.2 Å². The van der Waals surface area contributed by atoms with E-state index in [1.165, 1.54) is 0 Å². The first kappa shape index (κ1) is 15.5. The van der Waals surface area contributed by atoms with Gasteiger partial charge in [-0.2, -0.15) is 0 Å². The molecule has 0 unspecified atom stereocenters. The second kappa shape index (κ2) is 7.24. The van der Waals surface area contributed by atoms with E-state index in [9.17, 15) is 9.59 Å². The minimum absolute atomic E-state index is 0.162. The minimum atomic E-state index is -0.325. The monoisotopic (exact) mass is 367 g/mol. The molecule has 2 aromatic rings. The number of halogens is 2. The van der Waals surface area contributed by atoms with Gasteiger partial charge in [-0.15, -0.1) is 0 Å². The Morgan fingerprint density at radius 1 is 1.29 bits per heavy atom. The van der Waals surface area contributed by atoms with Gasteiger partial charge in [0.1, 0.15) is 12.0 Å². The molecule has 108 valence electrons. The Kier molecular flexibility index (Phi) is 5.36. The molecular weight excluding hydrogens is 358 g/mol. The largest absolute Gasteiger partial charge is 0.483 e. The summed E-state index contributed by atoms with van der Waals surface area (Å²) in [7, 11) is 0. The molecule has 0 radical (unpaired) electrons. The van der Waals surface area contributed by atoms with Gasteiger partial charge in [-0.3, -0.25) is 9.59 Å². The Balaban J connectivity index is 1.95. The van der Waals surface area contributed by atoms with Crippen molar-refractivity contribution in [1.29, 1.82) is 0 Å². The molecule has 21 heavy (non-hydrogen) atoms. The van der Waals surface area contributed by atoms with Gasteiger partial charge in [-0.1, -0.05) is 23.7 Å². The molecule has 0 spiro atoms. The highest BCUT2D eigenvalue weighted by molar-refractivity contribution is 9.10. The van der Waals surface area contributed by atoms with Crippen molar-refractivity contribution >= 4 is 45.4 Å². The maximum atomic E-state index is 11.8. The van der Waals surface area contributed by atoms with E-state index < -0.39 is 0 Å². The molecule has 0 heterocycles. The number of anilines is 1. The first-order valence-electron chi connectivity index (χ1n) is 6.02. The van der Waals surface area contributed by atoms with Crippen molar-refractivity contribution in [3.05, 3.63) is 57.5 Å². The first-order chi connectivity index (χ1) is 10.1. The van der Waals surface area contributed by atoms with E-state index in [1.54, 1.807) is 42.5 Å². The number of hydrogen-bond acceptors (Lipinski definition) is 3. The van der Waals surface area contributed by atoms with Crippen molar-refractivity contribution in [2.45, 2.75) is 0 Å². The molecule has 0 saturated heterocycles. The summed E-state index contributed by atoms with van der Waals surface area (Å²) in [5.74, 6) is 0.157. The number of carbonyl (C=O) groups is 2. The molecule has 0 fully saturated rings. The summed E-state index contributed by atoms with van der Waals surface area (Å²) in [6.07, 6.45) is 0.735. The molecule has 1 N–H and O–H groups in total. The van der Waals surface area contributed by atoms with Crippen LogP contribution in [0.25, 0.3) is 0 Å². The Bertz CT molecular complexity index is 676. The van der Waals surface area contributed by atoms with E-state index in [0.29, 0.717) is 26.5 Å². The summed E-state index contributed by atoms with van der Waals surface area (Å²) in [5, 5.41) is 3.12. The average molecular weight is 369 g/mol. The third-order valence-electron chi connectivity index (χ3n) is 2.60. The second-order valence-electron chi connectivity index (χ2n) is 4.12. The van der Waals surface area contributed by atoms with E-state index >= 15 is 0 Å². The van der Waals surface area contributed by atoms with Crippen LogP contribution in [0.4, 0.5) is 5.69 Å². The maximum Gasteiger partial charge on any atom is 0.262 e. The van der Waals surface area contributed by atoms with Crippen LogP contribution in [0.15, 0.2) is 46.9 Å². The number of rotatable bonds is 5. The topological polar surface area (TPSA) is 55.4 Å². The molecule has 2 rings (SSSR count). The zero-order valence-corrected chi connectivity index (χ0v) is 13.1. The van der Waals surface area contributed by atoms with E-state index in [4.69, 9.17) is 16.3 Å². The molecule has 0 bridgehead atoms. The summed E-state index contributed by atoms with van der Waals surface area (Å²) >= 11 is 9.23. The van der Waals surface area contributed by atoms with Crippen molar-refractivity contribution in [2.24, 2.45) is 0 Å². The summed E-state index contributed by atoms with van der Waals surface area (Å²) in [4.78, 5) is 22.4. The van der Waals surface area contributed by atoms with Crippen LogP contribution in [0, 0.1) is 0 Å². The highest BCUT2D eigenvalue weighted by Crippen LogP contribution is 2.25. The first-order valence-corrected chi connectivity index (χ1v) is 7.19. The van der Waals surface area contributed by atoms with Crippen molar-refractivity contribution in [2.75, 3.05) is 11.9 Å². The Labute approximate surface area is 135 Å². The molecule has 0 aliphatic carbocycles. The van der Waals surface area contributed by atoms with Gasteiger partial charge in [-0.05, 0) is 46.3 Å². The lowest BCUT2D eigenvalue weighted by molar-refractivity contribution is -0.118. The summed E-state index contributed by atoms with van der Waals surface area (Å²) in [6, 6.07) is 11.8. The van der Waals surface area contributed by atoms with Crippen LogP contribution in [0.3, 0.4) is 0 Å². The maximum absolute atomic E-state index is 11.8. The normalized spacial score (nSPS) is 10.0. The zero-order valence-electron chi connectivity index (χ0n) is 10.8. The Morgan fingerprint density at radius 3 is 2.71 bits per heavy atom. The van der Waals surface area contributed by atoms with Crippen LogP contribution in [-0.4, -0.2) is 18.8 Å². The molecule has 0 aromatic heterocycles. The number of amides is 1. The van der Waals surface area contributed by atoms with Crippen LogP contribution in [0.1, 0.15) is 10.4 Å². The van der Waals surface area contributed by atoms with Crippen molar-refractivity contribution in [1.82, 2.24) is 0 Å². The minimum Gasteiger partial charge on any atom is -0.483 e. The summed E-state index contributed by atoms with van der Waals surface area (Å²) in [6.45, 7) is -0.162. The fourth-order valence-corrected chi connectivity index (χ4v) is 2.29. The Hall–Kier alpha value is -1.85. The van der Waals surface area contributed by atoms with E-state index in [1.807, 2.05) is 0 Å². The van der Waals surface area contributed by atoms with Crippen molar-refractivity contribution < 1.29 is 14.3 Å². The highest BCUT2D eigenvalue weighted by atomic mass is 79.9. The molecule has 0 aliphatic heterocycles. The third kappa shape index (κ3) is 4.31. The quantitative estimate of drug-likeness (QED) is 0.814. The molecule has 4 nitrogen and oxygen atoms in total. The number of aldehydes is 1. The van der Waals surface area contributed by atoms with Gasteiger partial charge in [0.2, 0.25) is 0 Å². The molecule has 1 amide bonds. The number of ether oxygens (including phenoxy) is 1. The zero-order chi connectivity index (χ0) is 15.2. The molecule has 0 atom stereocenters. The summed E-state index contributed by atoms with van der Waals surface area (Å²) in [5.41, 5.74) is 1.05. The number of hydrogen-bond donors (Lipinski definition) is 1. The third-order valence-corrected chi connectivity index (χ3v) is 3.55. The number of carbonyl (C=O) groups excluding carboxylic acids is 2. The van der Waals surface area contributed by atoms with Crippen LogP contribution in [0.2, 0.25) is 5.02 Å². The van der Waals surface area contributed by atoms with Crippen molar-refractivity contribution in [3.8, 4) is 5.75 Å². The fourth-order valence-electron chi connectivity index (χ4n) is 1.60. The van der Waals surface area contributed by atoms with Gasteiger partial charge in [0.15, 0.2) is 6.61 Å². The molecular formula is C15H11BrClNO3. The lowest BCUT2D eigenvalue weighted by Gasteiger charge is -2.10. The van der Waals surface area contributed by atoms with Crippen LogP contribution < -0.4 is 10.1 Å². The molecule has 6 heteroatoms. The fraction of sp³-hybridized carbons (Fsp3) is 0.0667. The predicted octanol–water partition coefficient (Wildman–Crippen LogP) is 3.93. The number of benzene rings is 2. The van der Waals surface area contributed by atoms with Gasteiger partial charge in [-0.25, -0.2) is 0 Å². The number of nitrogens with one attached hydrogen (secondary N) is 1. The average Bonchev–Trinajstić information content (AvgIpc) is 2.48. The van der Waals surface area contributed by atoms with Crippen LogP contribution in [0.5, 0.6) is 5.75 Å². The van der Waals surface area contributed by atoms with Gasteiger partial charge in [0.25, 0.3) is 5.91 Å². The van der Waals surface area contributed by atoms with Crippen LogP contribution in [-0.2, 0) is 4.79 Å². The highest BCUT2D eigenvalue weighted by Gasteiger charge is 2.08. The lowest BCUT2D eigenvalue weighted by atomic mass is 10.2. The predicted molar refractivity (Wildman–Crippen MR) is 85.1 cm³/mol. The molecule has 2 aromatic carbocycles. The number of para-hydroxylation sites is 1. The SMILES string of the molecule is O=Cc1ccc(OCC(=O)Nc2ccccc2Cl)c(Br)c1. The standard InChI is InChI=1S/C15H11BrClNO3/c16-11-7-10(8-19)5-6-14(11)21-9-15(20)18-13-4-2-1-3-12(13)17/h1-8H,9H2,(H,18,20). The van der Waals surface area contributed by atoms with Crippen molar-refractivity contribution in [3.63, 3.8) is 0 Å². The van der Waals surface area contributed by atoms with E-state index in [0.717, 1.165) is 6.29 Å². The second-order valence-corrected chi connectivity index (χ2v) is 5.39. The summed E-state index contributed by atoms with van der Waals surface area (Å²) < 4.78 is 6.00. The smallest absolute Gasteiger partial charge is 0.262 e. The molecule has 0 saturated carbocycles. The van der Waals surface area contributed by atoms with E-state index in [-0.39, 0.29) is 12.5 Å². The van der Waals surface area contributed by atoms with Crippen LogP contribution >= 0.6 is 27.5 Å². The Morgan fingerprint density at radius 2 is 2.05 bits per heavy atom. The van der Waals surface area contributed by atoms with Gasteiger partial charge < -0.3 is 10.1 Å². The van der Waals surface area contributed by atoms with Gasteiger partial charge in [0, 0.05) is 5.56 Å².